The third-order valence-electron chi connectivity index (χ3n) is 7.18. The number of benzene rings is 4. The molecule has 0 saturated carbocycles. The lowest BCUT2D eigenvalue weighted by molar-refractivity contribution is 0.126. The lowest BCUT2D eigenvalue weighted by Crippen LogP contribution is -2.15. The van der Waals surface area contributed by atoms with Gasteiger partial charge in [-0.3, -0.25) is 0 Å². The standard InChI is InChI=1S/C32H25N5O4/c1-38-23-12-7-20(8-13-23)17-34-40-18-27-35-31-30-28(22-9-14-24(39-2)15-10-22)29-25-6-4-3-5-21(25)11-16-26(29)41-32(30)33-19-37(31)36-27/h3-17,19,28H,18H2,1-2H3/b34-17+. The fourth-order valence-corrected chi connectivity index (χ4v) is 5.22. The fourth-order valence-electron chi connectivity index (χ4n) is 5.22. The quantitative estimate of drug-likeness (QED) is 0.176. The first-order valence-electron chi connectivity index (χ1n) is 13.1. The van der Waals surface area contributed by atoms with Crippen LogP contribution in [0, 0.1) is 0 Å². The third kappa shape index (κ3) is 4.47. The first kappa shape index (κ1) is 24.6. The summed E-state index contributed by atoms with van der Waals surface area (Å²) >= 11 is 0. The molecule has 9 heteroatoms. The highest BCUT2D eigenvalue weighted by molar-refractivity contribution is 5.90. The zero-order valence-corrected chi connectivity index (χ0v) is 22.4. The van der Waals surface area contributed by atoms with Crippen molar-refractivity contribution < 1.29 is 19.0 Å². The van der Waals surface area contributed by atoms with E-state index in [4.69, 9.17) is 24.0 Å². The van der Waals surface area contributed by atoms with Crippen LogP contribution in [0.3, 0.4) is 0 Å². The Labute approximate surface area is 235 Å². The molecule has 7 rings (SSSR count). The average Bonchev–Trinajstić information content (AvgIpc) is 3.45. The van der Waals surface area contributed by atoms with Gasteiger partial charge in [-0.15, -0.1) is 5.10 Å². The van der Waals surface area contributed by atoms with Crippen molar-refractivity contribution in [1.82, 2.24) is 19.6 Å². The molecule has 6 aromatic rings. The van der Waals surface area contributed by atoms with Gasteiger partial charge in [-0.05, 0) is 64.4 Å². The molecule has 0 aliphatic carbocycles. The van der Waals surface area contributed by atoms with Crippen LogP contribution in [0.1, 0.15) is 34.0 Å². The Morgan fingerprint density at radius 3 is 2.41 bits per heavy atom. The maximum atomic E-state index is 6.38. The second-order valence-electron chi connectivity index (χ2n) is 9.55. The van der Waals surface area contributed by atoms with Crippen molar-refractivity contribution in [2.45, 2.75) is 12.5 Å². The van der Waals surface area contributed by atoms with Crippen LogP contribution < -0.4 is 14.2 Å². The number of hydrogen-bond donors (Lipinski definition) is 0. The third-order valence-corrected chi connectivity index (χ3v) is 7.18. The highest BCUT2D eigenvalue weighted by Gasteiger charge is 2.34. The van der Waals surface area contributed by atoms with Crippen LogP contribution in [0.15, 0.2) is 96.4 Å². The summed E-state index contributed by atoms with van der Waals surface area (Å²) in [5.74, 6) is 3.11. The summed E-state index contributed by atoms with van der Waals surface area (Å²) in [4.78, 5) is 15.0. The summed E-state index contributed by atoms with van der Waals surface area (Å²) in [5.41, 5.74) is 4.49. The Morgan fingerprint density at radius 2 is 1.63 bits per heavy atom. The fraction of sp³-hybridized carbons (Fsp3) is 0.125. The molecule has 41 heavy (non-hydrogen) atoms. The minimum Gasteiger partial charge on any atom is -0.497 e. The second kappa shape index (κ2) is 10.3. The van der Waals surface area contributed by atoms with Gasteiger partial charge in [-0.25, -0.2) is 14.5 Å². The van der Waals surface area contributed by atoms with Gasteiger partial charge in [0, 0.05) is 11.5 Å². The van der Waals surface area contributed by atoms with Crippen LogP contribution in [-0.2, 0) is 11.4 Å². The molecular formula is C32H25N5O4. The summed E-state index contributed by atoms with van der Waals surface area (Å²) in [6.45, 7) is 0.0939. The molecule has 0 bridgehead atoms. The Bertz CT molecular complexity index is 1900. The monoisotopic (exact) mass is 543 g/mol. The van der Waals surface area contributed by atoms with Gasteiger partial charge in [0.2, 0.25) is 5.88 Å². The van der Waals surface area contributed by atoms with E-state index in [1.54, 1.807) is 31.3 Å². The van der Waals surface area contributed by atoms with Gasteiger partial charge in [-0.2, -0.15) is 0 Å². The Balaban J connectivity index is 1.28. The zero-order chi connectivity index (χ0) is 27.8. The maximum Gasteiger partial charge on any atom is 0.228 e. The number of aromatic nitrogens is 4. The van der Waals surface area contributed by atoms with E-state index in [1.165, 1.54) is 0 Å². The van der Waals surface area contributed by atoms with Crippen molar-refractivity contribution in [3.63, 3.8) is 0 Å². The molecule has 0 saturated heterocycles. The number of oxime groups is 1. The molecule has 0 N–H and O–H groups in total. The normalized spacial score (nSPS) is 14.0. The molecule has 202 valence electrons. The summed E-state index contributed by atoms with van der Waals surface area (Å²) in [6.07, 6.45) is 3.25. The van der Waals surface area contributed by atoms with Crippen LogP contribution >= 0.6 is 0 Å². The minimum absolute atomic E-state index is 0.0939. The molecule has 9 nitrogen and oxygen atoms in total. The summed E-state index contributed by atoms with van der Waals surface area (Å²) in [5, 5.41) is 10.9. The second-order valence-corrected chi connectivity index (χ2v) is 9.55. The Morgan fingerprint density at radius 1 is 0.878 bits per heavy atom. The van der Waals surface area contributed by atoms with Crippen molar-refractivity contribution in [3.05, 3.63) is 119 Å². The molecule has 0 amide bonds. The van der Waals surface area contributed by atoms with Gasteiger partial charge in [0.1, 0.15) is 23.6 Å². The van der Waals surface area contributed by atoms with E-state index in [9.17, 15) is 0 Å². The van der Waals surface area contributed by atoms with Gasteiger partial charge < -0.3 is 19.0 Å². The molecule has 1 unspecified atom stereocenters. The predicted molar refractivity (Wildman–Crippen MR) is 154 cm³/mol. The number of hydrogen-bond acceptors (Lipinski definition) is 8. The van der Waals surface area contributed by atoms with E-state index in [0.717, 1.165) is 50.3 Å². The largest absolute Gasteiger partial charge is 0.497 e. The maximum absolute atomic E-state index is 6.38. The number of methoxy groups -OCH3 is 2. The first-order chi connectivity index (χ1) is 20.2. The van der Waals surface area contributed by atoms with E-state index in [-0.39, 0.29) is 12.5 Å². The highest BCUT2D eigenvalue weighted by Crippen LogP contribution is 2.50. The number of nitrogens with zero attached hydrogens (tertiary/aromatic N) is 5. The average molecular weight is 544 g/mol. The van der Waals surface area contributed by atoms with E-state index in [2.05, 4.69) is 45.6 Å². The summed E-state index contributed by atoms with van der Waals surface area (Å²) in [7, 11) is 3.29. The lowest BCUT2D eigenvalue weighted by atomic mass is 9.81. The molecule has 3 heterocycles. The highest BCUT2D eigenvalue weighted by atomic mass is 16.6. The van der Waals surface area contributed by atoms with Crippen LogP contribution in [-0.4, -0.2) is 40.0 Å². The molecule has 0 spiro atoms. The van der Waals surface area contributed by atoms with E-state index in [1.807, 2.05) is 54.6 Å². The summed E-state index contributed by atoms with van der Waals surface area (Å²) in [6, 6.07) is 28.0. The van der Waals surface area contributed by atoms with Crippen LogP contribution in [0.25, 0.3) is 16.4 Å². The predicted octanol–water partition coefficient (Wildman–Crippen LogP) is 6.13. The van der Waals surface area contributed by atoms with E-state index >= 15 is 0 Å². The zero-order valence-electron chi connectivity index (χ0n) is 22.4. The Kier molecular flexibility index (Phi) is 6.16. The van der Waals surface area contributed by atoms with Gasteiger partial charge in [0.15, 0.2) is 18.1 Å². The van der Waals surface area contributed by atoms with Crippen molar-refractivity contribution in [3.8, 4) is 23.1 Å². The van der Waals surface area contributed by atoms with Crippen molar-refractivity contribution in [1.29, 1.82) is 0 Å². The molecule has 4 aromatic carbocycles. The SMILES string of the molecule is COc1ccc(/C=N/OCc2nc3c4c(ncn3n2)Oc2ccc3ccccc3c2C4c2ccc(OC)cc2)cc1. The number of rotatable bonds is 7. The van der Waals surface area contributed by atoms with Crippen LogP contribution in [0.4, 0.5) is 0 Å². The summed E-state index contributed by atoms with van der Waals surface area (Å²) < 4.78 is 18.7. The van der Waals surface area contributed by atoms with Crippen LogP contribution in [0.5, 0.6) is 23.1 Å². The molecule has 1 atom stereocenters. The molecule has 1 aliphatic heterocycles. The first-order valence-corrected chi connectivity index (χ1v) is 13.1. The smallest absolute Gasteiger partial charge is 0.228 e. The van der Waals surface area contributed by atoms with Gasteiger partial charge >= 0.3 is 0 Å². The molecule has 1 aliphatic rings. The van der Waals surface area contributed by atoms with Crippen molar-refractivity contribution >= 4 is 22.6 Å². The lowest BCUT2D eigenvalue weighted by Gasteiger charge is -2.29. The molecule has 0 fully saturated rings. The van der Waals surface area contributed by atoms with Crippen molar-refractivity contribution in [2.24, 2.45) is 5.16 Å². The number of fused-ring (bicyclic) bond motifs is 6. The number of ether oxygens (including phenoxy) is 3. The van der Waals surface area contributed by atoms with Gasteiger partial charge in [-0.1, -0.05) is 47.6 Å². The minimum atomic E-state index is -0.201. The van der Waals surface area contributed by atoms with E-state index in [0.29, 0.717) is 17.4 Å². The van der Waals surface area contributed by atoms with Gasteiger partial charge in [0.25, 0.3) is 0 Å². The molecule has 0 radical (unpaired) electrons. The van der Waals surface area contributed by atoms with Crippen molar-refractivity contribution in [2.75, 3.05) is 14.2 Å². The van der Waals surface area contributed by atoms with E-state index < -0.39 is 0 Å². The molecular weight excluding hydrogens is 518 g/mol. The van der Waals surface area contributed by atoms with Gasteiger partial charge in [0.05, 0.1) is 26.0 Å². The molecule has 2 aromatic heterocycles. The Hall–Kier alpha value is -5.44. The topological polar surface area (TPSA) is 92.4 Å². The van der Waals surface area contributed by atoms with Crippen LogP contribution in [0.2, 0.25) is 0 Å².